The third kappa shape index (κ3) is 6.20. The van der Waals surface area contributed by atoms with Crippen LogP contribution in [0.1, 0.15) is 12.6 Å². The highest BCUT2D eigenvalue weighted by molar-refractivity contribution is 7.47. The lowest BCUT2D eigenvalue weighted by atomic mass is 9.89. The van der Waals surface area contributed by atoms with Gasteiger partial charge in [0, 0.05) is 12.6 Å². The molecule has 20 heteroatoms. The molecule has 0 radical (unpaired) electrons. The molecular weight excluding hydrogens is 543 g/mol. The number of aliphatic hydroxyl groups is 6. The molecule has 2 fully saturated rings. The van der Waals surface area contributed by atoms with E-state index in [4.69, 9.17) is 35.1 Å². The summed E-state index contributed by atoms with van der Waals surface area (Å²) in [4.78, 5) is 37.7. The number of phosphoric acid groups is 1. The van der Waals surface area contributed by atoms with Crippen LogP contribution in [0.2, 0.25) is 0 Å². The lowest BCUT2D eigenvalue weighted by Crippen LogP contribution is -2.66. The predicted octanol–water partition coefficient (Wildman–Crippen LogP) is -5.45. The third-order valence-corrected chi connectivity index (χ3v) is 7.00. The third-order valence-electron chi connectivity index (χ3n) is 6.00. The fraction of sp³-hybridized carbons (Fsp3) is 0.722. The van der Waals surface area contributed by atoms with Gasteiger partial charge in [-0.05, 0) is 6.07 Å². The molecule has 3 rings (SSSR count). The average molecular weight is 572 g/mol. The molecule has 2 aliphatic heterocycles. The molecule has 38 heavy (non-hydrogen) atoms. The molecule has 0 saturated carbocycles. The second kappa shape index (κ2) is 11.6. The fourth-order valence-electron chi connectivity index (χ4n) is 3.93. The number of anilines is 1. The van der Waals surface area contributed by atoms with E-state index in [1.165, 1.54) is 6.07 Å². The van der Waals surface area contributed by atoms with Crippen molar-refractivity contribution in [1.29, 1.82) is 0 Å². The summed E-state index contributed by atoms with van der Waals surface area (Å²) < 4.78 is 33.4. The minimum absolute atomic E-state index is 0.124. The Hall–Kier alpha value is -2.10. The normalized spacial score (nSPS) is 36.9. The van der Waals surface area contributed by atoms with Crippen molar-refractivity contribution < 1.29 is 68.5 Å². The zero-order valence-electron chi connectivity index (χ0n) is 19.4. The first kappa shape index (κ1) is 30.4. The molecule has 0 aliphatic carbocycles. The van der Waals surface area contributed by atoms with Crippen LogP contribution < -0.4 is 17.2 Å². The van der Waals surface area contributed by atoms with Crippen LogP contribution in [0.4, 0.5) is 5.82 Å². The number of carbonyl (C=O) groups is 1. The Labute approximate surface area is 213 Å². The second-order valence-electron chi connectivity index (χ2n) is 8.67. The number of nitrogens with zero attached hydrogens (tertiary/aromatic N) is 2. The molecule has 216 valence electrons. The molecule has 1 aromatic heterocycles. The first-order chi connectivity index (χ1) is 17.6. The zero-order chi connectivity index (χ0) is 28.6. The van der Waals surface area contributed by atoms with Gasteiger partial charge in [0.1, 0.15) is 42.4 Å². The molecule has 0 bridgehead atoms. The molecule has 0 amide bonds. The number of aliphatic carboxylic acids is 1. The predicted molar refractivity (Wildman–Crippen MR) is 119 cm³/mol. The molecule has 3 heterocycles. The van der Waals surface area contributed by atoms with Crippen molar-refractivity contribution in [3.05, 3.63) is 22.7 Å². The monoisotopic (exact) mass is 572 g/mol. The number of carboxylic acids is 1. The molecule has 3 unspecified atom stereocenters. The van der Waals surface area contributed by atoms with Crippen LogP contribution in [0.3, 0.4) is 0 Å². The number of aliphatic hydroxyl groups excluding tert-OH is 6. The Morgan fingerprint density at radius 1 is 1.32 bits per heavy atom. The number of hydrogen-bond donors (Lipinski definition) is 10. The molecule has 11 atom stereocenters. The van der Waals surface area contributed by atoms with Crippen LogP contribution >= 0.6 is 7.82 Å². The van der Waals surface area contributed by atoms with Crippen LogP contribution in [-0.2, 0) is 27.9 Å². The van der Waals surface area contributed by atoms with E-state index in [0.29, 0.717) is 0 Å². The Kier molecular flexibility index (Phi) is 9.26. The van der Waals surface area contributed by atoms with E-state index in [1.807, 2.05) is 0 Å². The summed E-state index contributed by atoms with van der Waals surface area (Å²) in [7, 11) is -5.44. The van der Waals surface area contributed by atoms with Gasteiger partial charge in [0.25, 0.3) is 5.79 Å². The van der Waals surface area contributed by atoms with E-state index < -0.39 is 99.9 Å². The highest BCUT2D eigenvalue weighted by atomic mass is 31.2. The van der Waals surface area contributed by atoms with Gasteiger partial charge in [-0.25, -0.2) is 18.7 Å². The van der Waals surface area contributed by atoms with E-state index in [9.17, 15) is 49.7 Å². The summed E-state index contributed by atoms with van der Waals surface area (Å²) in [5, 5.41) is 69.3. The highest BCUT2D eigenvalue weighted by Crippen LogP contribution is 2.51. The number of phosphoric ester groups is 1. The van der Waals surface area contributed by atoms with E-state index in [2.05, 4.69) is 4.98 Å². The van der Waals surface area contributed by atoms with Crippen molar-refractivity contribution in [3.63, 3.8) is 0 Å². The van der Waals surface area contributed by atoms with Crippen molar-refractivity contribution in [2.45, 2.75) is 67.2 Å². The first-order valence-corrected chi connectivity index (χ1v) is 12.5. The summed E-state index contributed by atoms with van der Waals surface area (Å²) in [6.07, 6.45) is -14.0. The Bertz CT molecular complexity index is 1110. The van der Waals surface area contributed by atoms with Gasteiger partial charge in [-0.3, -0.25) is 9.09 Å². The number of ether oxygens (including phenoxy) is 2. The van der Waals surface area contributed by atoms with Crippen LogP contribution in [0.5, 0.6) is 0 Å². The van der Waals surface area contributed by atoms with Gasteiger partial charge in [0.2, 0.25) is 0 Å². The van der Waals surface area contributed by atoms with Gasteiger partial charge >= 0.3 is 19.5 Å². The Morgan fingerprint density at radius 2 is 1.97 bits per heavy atom. The van der Waals surface area contributed by atoms with E-state index >= 15 is 0 Å². The molecule has 2 saturated heterocycles. The number of nitrogens with two attached hydrogens (primary N) is 2. The van der Waals surface area contributed by atoms with Gasteiger partial charge in [0.15, 0.2) is 6.23 Å². The lowest BCUT2D eigenvalue weighted by molar-refractivity contribution is -0.286. The summed E-state index contributed by atoms with van der Waals surface area (Å²) in [6.45, 7) is -1.98. The maximum absolute atomic E-state index is 12.7. The van der Waals surface area contributed by atoms with E-state index in [1.54, 1.807) is 0 Å². The molecule has 1 aromatic rings. The number of nitrogen functional groups attached to an aromatic ring is 1. The minimum atomic E-state index is -5.44. The van der Waals surface area contributed by atoms with Gasteiger partial charge in [-0.2, -0.15) is 4.98 Å². The first-order valence-electron chi connectivity index (χ1n) is 11.0. The molecular formula is C18H29N4O15P. The number of aromatic nitrogens is 2. The van der Waals surface area contributed by atoms with Gasteiger partial charge in [0.05, 0.1) is 25.4 Å². The van der Waals surface area contributed by atoms with Crippen LogP contribution in [0, 0.1) is 0 Å². The quantitative estimate of drug-likeness (QED) is 0.117. The van der Waals surface area contributed by atoms with Gasteiger partial charge in [-0.1, -0.05) is 0 Å². The van der Waals surface area contributed by atoms with Crippen molar-refractivity contribution in [2.75, 3.05) is 18.9 Å². The fourth-order valence-corrected chi connectivity index (χ4v) is 4.89. The van der Waals surface area contributed by atoms with E-state index in [-0.39, 0.29) is 5.82 Å². The second-order valence-corrected chi connectivity index (χ2v) is 10.1. The minimum Gasteiger partial charge on any atom is -0.477 e. The Morgan fingerprint density at radius 3 is 2.55 bits per heavy atom. The SMILES string of the molecule is Nc1ccn([C@@H]2O[C@H](COP(=O)(O)O[C@@]3(C(=O)O)CC(O)[C@@H](N)C([C@H](O)[C@H](O)CO)O3)[C@H](O)[C@@H]2O)c(=O)n1. The lowest BCUT2D eigenvalue weighted by Gasteiger charge is -2.45. The summed E-state index contributed by atoms with van der Waals surface area (Å²) in [5.74, 6) is -5.29. The molecule has 12 N–H and O–H groups in total. The maximum Gasteiger partial charge on any atom is 0.475 e. The standard InChI is InChI=1S/C18H29N4O15P/c19-9-1-2-22(17(31)21-9)15-13(28)12(27)8(35-15)5-34-38(32,33)37-18(16(29)30)3-6(24)10(20)14(36-18)11(26)7(25)4-23/h1-2,6-8,10-15,23-28H,3-5,20H2,(H,29,30)(H,32,33)(H2,19,21,31)/t6?,7-,8-,10-,11-,12+,13+,14?,15-,18-/m1/s1. The molecule has 2 aliphatic rings. The van der Waals surface area contributed by atoms with Crippen molar-refractivity contribution in [3.8, 4) is 0 Å². The highest BCUT2D eigenvalue weighted by Gasteiger charge is 2.58. The van der Waals surface area contributed by atoms with E-state index in [0.717, 1.165) is 10.8 Å². The molecule has 0 spiro atoms. The molecule has 19 nitrogen and oxygen atoms in total. The number of hydrogen-bond acceptors (Lipinski definition) is 16. The molecule has 0 aromatic carbocycles. The summed E-state index contributed by atoms with van der Waals surface area (Å²) in [6, 6.07) is -0.295. The topological polar surface area (TPSA) is 320 Å². The largest absolute Gasteiger partial charge is 0.477 e. The zero-order valence-corrected chi connectivity index (χ0v) is 20.3. The van der Waals surface area contributed by atoms with Crippen LogP contribution in [0.25, 0.3) is 0 Å². The van der Waals surface area contributed by atoms with Crippen LogP contribution in [0.15, 0.2) is 17.1 Å². The Balaban J connectivity index is 1.74. The van der Waals surface area contributed by atoms with Gasteiger partial charge < -0.3 is 61.6 Å². The smallest absolute Gasteiger partial charge is 0.475 e. The summed E-state index contributed by atoms with van der Waals surface area (Å²) >= 11 is 0. The van der Waals surface area contributed by atoms with Crippen molar-refractivity contribution in [2.24, 2.45) is 5.73 Å². The number of carboxylic acid groups (broad SMARTS) is 1. The van der Waals surface area contributed by atoms with Crippen LogP contribution in [-0.4, -0.2) is 124 Å². The van der Waals surface area contributed by atoms with Gasteiger partial charge in [-0.15, -0.1) is 0 Å². The van der Waals surface area contributed by atoms with Crippen molar-refractivity contribution >= 4 is 19.6 Å². The summed E-state index contributed by atoms with van der Waals surface area (Å²) in [5.41, 5.74) is 10.2. The average Bonchev–Trinajstić information content (AvgIpc) is 3.12. The maximum atomic E-state index is 12.7. The van der Waals surface area contributed by atoms with Crippen molar-refractivity contribution in [1.82, 2.24) is 9.55 Å². The number of rotatable bonds is 10.